The van der Waals surface area contributed by atoms with E-state index in [2.05, 4.69) is 43.1 Å². The summed E-state index contributed by atoms with van der Waals surface area (Å²) < 4.78 is 0. The van der Waals surface area contributed by atoms with Gasteiger partial charge >= 0.3 is 0 Å². The van der Waals surface area contributed by atoms with Crippen LogP contribution in [0.5, 0.6) is 0 Å². The maximum atomic E-state index is 4.89. The number of aromatic amines is 2. The van der Waals surface area contributed by atoms with Crippen LogP contribution in [0.25, 0.3) is 56.0 Å². The molecule has 0 radical (unpaired) electrons. The van der Waals surface area contributed by atoms with Crippen LogP contribution in [-0.2, 0) is 0 Å². The minimum Gasteiger partial charge on any atom is -0.337 e. The Morgan fingerprint density at radius 1 is 0.871 bits per heavy atom. The number of imidazole rings is 1. The van der Waals surface area contributed by atoms with Gasteiger partial charge in [0.05, 0.1) is 22.1 Å². The number of rotatable bonds is 3. The molecule has 0 amide bonds. The number of nitrogens with zero attached hydrogens (tertiary/aromatic N) is 5. The minimum atomic E-state index is 0.644. The van der Waals surface area contributed by atoms with E-state index in [1.807, 2.05) is 54.9 Å². The number of benzene rings is 1. The van der Waals surface area contributed by atoms with Gasteiger partial charge in [0.25, 0.3) is 0 Å². The standard InChI is InChI=1S/C24H17N7/c1-14-8-10-25-13-18(14)15-11-17-22(30-31-23(17)27-12-15)24-28-20-7-4-5-16(21(20)29-24)19-6-2-3-9-26-19/h2-13H,1H3,(H,28,29)(H,27,30,31). The highest BCUT2D eigenvalue weighted by Crippen LogP contribution is 2.32. The molecular weight excluding hydrogens is 386 g/mol. The number of hydrogen-bond acceptors (Lipinski definition) is 5. The molecule has 0 aliphatic rings. The summed E-state index contributed by atoms with van der Waals surface area (Å²) in [5.41, 5.74) is 8.30. The molecule has 0 unspecified atom stereocenters. The average molecular weight is 403 g/mol. The van der Waals surface area contributed by atoms with E-state index >= 15 is 0 Å². The largest absolute Gasteiger partial charge is 0.337 e. The van der Waals surface area contributed by atoms with E-state index in [1.165, 1.54) is 0 Å². The van der Waals surface area contributed by atoms with Crippen LogP contribution in [-0.4, -0.2) is 35.1 Å². The van der Waals surface area contributed by atoms with Crippen molar-refractivity contribution in [3.63, 3.8) is 0 Å². The molecule has 0 aliphatic carbocycles. The Balaban J connectivity index is 1.52. The van der Waals surface area contributed by atoms with Crippen molar-refractivity contribution in [2.45, 2.75) is 6.92 Å². The number of nitrogens with one attached hydrogen (secondary N) is 2. The van der Waals surface area contributed by atoms with Crippen molar-refractivity contribution < 1.29 is 0 Å². The van der Waals surface area contributed by atoms with Crippen LogP contribution < -0.4 is 0 Å². The molecular formula is C24H17N7. The second-order valence-corrected chi connectivity index (χ2v) is 7.39. The normalized spacial score (nSPS) is 11.4. The summed E-state index contributed by atoms with van der Waals surface area (Å²) in [5, 5.41) is 8.39. The zero-order valence-electron chi connectivity index (χ0n) is 16.7. The number of aryl methyl sites for hydroxylation is 1. The maximum absolute atomic E-state index is 4.89. The van der Waals surface area contributed by atoms with Crippen LogP contribution >= 0.6 is 0 Å². The number of H-pyrrole nitrogens is 2. The van der Waals surface area contributed by atoms with Crippen molar-refractivity contribution in [3.05, 3.63) is 78.9 Å². The van der Waals surface area contributed by atoms with Gasteiger partial charge < -0.3 is 4.98 Å². The molecule has 7 heteroatoms. The molecule has 6 rings (SSSR count). The molecule has 5 heterocycles. The van der Waals surface area contributed by atoms with Gasteiger partial charge in [-0.25, -0.2) is 9.97 Å². The van der Waals surface area contributed by atoms with Crippen molar-refractivity contribution in [2.75, 3.05) is 0 Å². The SMILES string of the molecule is Cc1ccncc1-c1cnc2n[nH]c(-c3nc4c(-c5ccccn5)cccc4[nH]3)c2c1. The van der Waals surface area contributed by atoms with Gasteiger partial charge in [-0.2, -0.15) is 5.10 Å². The Hall–Kier alpha value is -4.39. The molecule has 0 bridgehead atoms. The maximum Gasteiger partial charge on any atom is 0.181 e. The lowest BCUT2D eigenvalue weighted by Crippen LogP contribution is -1.87. The van der Waals surface area contributed by atoms with Crippen LogP contribution in [0.1, 0.15) is 5.56 Å². The van der Waals surface area contributed by atoms with Crippen LogP contribution in [0, 0.1) is 6.92 Å². The van der Waals surface area contributed by atoms with Gasteiger partial charge in [-0.05, 0) is 42.8 Å². The molecule has 6 aromatic rings. The van der Waals surface area contributed by atoms with Crippen molar-refractivity contribution in [1.29, 1.82) is 0 Å². The summed E-state index contributed by atoms with van der Waals surface area (Å²) in [6.45, 7) is 2.07. The zero-order chi connectivity index (χ0) is 20.8. The molecule has 148 valence electrons. The third-order valence-electron chi connectivity index (χ3n) is 5.45. The van der Waals surface area contributed by atoms with E-state index in [9.17, 15) is 0 Å². The topological polar surface area (TPSA) is 96.0 Å². The molecule has 1 aromatic carbocycles. The number of para-hydroxylation sites is 1. The van der Waals surface area contributed by atoms with E-state index in [0.29, 0.717) is 11.5 Å². The third kappa shape index (κ3) is 2.86. The lowest BCUT2D eigenvalue weighted by atomic mass is 10.0. The summed E-state index contributed by atoms with van der Waals surface area (Å²) in [5.74, 6) is 0.711. The lowest BCUT2D eigenvalue weighted by Gasteiger charge is -2.04. The molecule has 2 N–H and O–H groups in total. The highest BCUT2D eigenvalue weighted by atomic mass is 15.2. The summed E-state index contributed by atoms with van der Waals surface area (Å²) in [6, 6.07) is 16.0. The van der Waals surface area contributed by atoms with Gasteiger partial charge in [0.15, 0.2) is 11.5 Å². The van der Waals surface area contributed by atoms with E-state index in [4.69, 9.17) is 4.98 Å². The Labute approximate surface area is 177 Å². The predicted octanol–water partition coefficient (Wildman–Crippen LogP) is 4.93. The number of aromatic nitrogens is 7. The Morgan fingerprint density at radius 3 is 2.71 bits per heavy atom. The van der Waals surface area contributed by atoms with E-state index in [0.717, 1.165) is 50.1 Å². The van der Waals surface area contributed by atoms with Crippen LogP contribution in [0.3, 0.4) is 0 Å². The predicted molar refractivity (Wildman–Crippen MR) is 120 cm³/mol. The smallest absolute Gasteiger partial charge is 0.181 e. The molecule has 0 atom stereocenters. The fraction of sp³-hybridized carbons (Fsp3) is 0.0417. The molecule has 5 aromatic heterocycles. The molecule has 31 heavy (non-hydrogen) atoms. The third-order valence-corrected chi connectivity index (χ3v) is 5.45. The Kier molecular flexibility index (Phi) is 3.86. The van der Waals surface area contributed by atoms with Crippen LogP contribution in [0.2, 0.25) is 0 Å². The number of hydrogen-bond donors (Lipinski definition) is 2. The quantitative estimate of drug-likeness (QED) is 0.437. The lowest BCUT2D eigenvalue weighted by molar-refractivity contribution is 1.09. The average Bonchev–Trinajstić information content (AvgIpc) is 3.43. The summed E-state index contributed by atoms with van der Waals surface area (Å²) >= 11 is 0. The van der Waals surface area contributed by atoms with Crippen molar-refractivity contribution in [2.24, 2.45) is 0 Å². The van der Waals surface area contributed by atoms with E-state index < -0.39 is 0 Å². The molecule has 7 nitrogen and oxygen atoms in total. The first kappa shape index (κ1) is 17.5. The monoisotopic (exact) mass is 403 g/mol. The highest BCUT2D eigenvalue weighted by molar-refractivity contribution is 5.96. The van der Waals surface area contributed by atoms with Gasteiger partial charge in [-0.15, -0.1) is 0 Å². The fourth-order valence-corrected chi connectivity index (χ4v) is 3.87. The van der Waals surface area contributed by atoms with Crippen molar-refractivity contribution >= 4 is 22.1 Å². The highest BCUT2D eigenvalue weighted by Gasteiger charge is 2.16. The fourth-order valence-electron chi connectivity index (χ4n) is 3.87. The second kappa shape index (κ2) is 6.84. The number of pyridine rings is 3. The van der Waals surface area contributed by atoms with Gasteiger partial charge in [0.2, 0.25) is 0 Å². The molecule has 0 fully saturated rings. The second-order valence-electron chi connectivity index (χ2n) is 7.39. The van der Waals surface area contributed by atoms with Crippen LogP contribution in [0.4, 0.5) is 0 Å². The Bertz CT molecular complexity index is 1550. The summed E-state index contributed by atoms with van der Waals surface area (Å²) in [4.78, 5) is 21.6. The van der Waals surface area contributed by atoms with Gasteiger partial charge in [-0.3, -0.25) is 15.1 Å². The van der Waals surface area contributed by atoms with Crippen molar-refractivity contribution in [1.82, 2.24) is 35.1 Å². The Morgan fingerprint density at radius 2 is 1.84 bits per heavy atom. The summed E-state index contributed by atoms with van der Waals surface area (Å²) in [6.07, 6.45) is 7.27. The molecule has 0 saturated carbocycles. The van der Waals surface area contributed by atoms with Gasteiger partial charge in [0, 0.05) is 41.5 Å². The van der Waals surface area contributed by atoms with E-state index in [1.54, 1.807) is 12.4 Å². The van der Waals surface area contributed by atoms with Gasteiger partial charge in [0.1, 0.15) is 5.69 Å². The minimum absolute atomic E-state index is 0.644. The first-order chi connectivity index (χ1) is 15.3. The molecule has 0 aliphatic heterocycles. The van der Waals surface area contributed by atoms with E-state index in [-0.39, 0.29) is 0 Å². The summed E-state index contributed by atoms with van der Waals surface area (Å²) in [7, 11) is 0. The first-order valence-electron chi connectivity index (χ1n) is 9.93. The van der Waals surface area contributed by atoms with Gasteiger partial charge in [-0.1, -0.05) is 18.2 Å². The molecule has 0 saturated heterocycles. The first-order valence-corrected chi connectivity index (χ1v) is 9.93. The number of fused-ring (bicyclic) bond motifs is 2. The van der Waals surface area contributed by atoms with Crippen LogP contribution in [0.15, 0.2) is 73.3 Å². The zero-order valence-corrected chi connectivity index (χ0v) is 16.7. The molecule has 0 spiro atoms. The van der Waals surface area contributed by atoms with Crippen molar-refractivity contribution in [3.8, 4) is 33.9 Å².